The first-order valence-corrected chi connectivity index (χ1v) is 6.93. The van der Waals surface area contributed by atoms with Crippen molar-refractivity contribution in [2.24, 2.45) is 0 Å². The van der Waals surface area contributed by atoms with Gasteiger partial charge in [-0.25, -0.2) is 8.78 Å². The highest BCUT2D eigenvalue weighted by atomic mass is 35.5. The summed E-state index contributed by atoms with van der Waals surface area (Å²) in [5.41, 5.74) is 0.392. The second kappa shape index (κ2) is 7.71. The van der Waals surface area contributed by atoms with Gasteiger partial charge in [0.25, 0.3) is 0 Å². The smallest absolute Gasteiger partial charge is 0.223 e. The molecule has 0 radical (unpaired) electrons. The van der Waals surface area contributed by atoms with E-state index in [2.05, 4.69) is 5.32 Å². The van der Waals surface area contributed by atoms with Crippen LogP contribution in [-0.2, 0) is 4.79 Å². The average Bonchev–Trinajstić information content (AvgIpc) is 2.38. The number of hydrogen-bond donors (Lipinski definition) is 1. The molecular formula is C15H21ClF2N2O. The van der Waals surface area contributed by atoms with E-state index in [4.69, 9.17) is 0 Å². The maximum absolute atomic E-state index is 13.7. The summed E-state index contributed by atoms with van der Waals surface area (Å²) in [6, 6.07) is 3.80. The molecular weight excluding hydrogens is 298 g/mol. The SMILES string of the molecule is CC(CC(=O)N1CCN[C@H](C)C1)c1ccc(F)cc1F.Cl. The molecule has 0 saturated carbocycles. The standard InChI is InChI=1S/C15H20F2N2O.ClH/c1-10(13-4-3-12(16)8-14(13)17)7-15(20)19-6-5-18-11(2)9-19;/h3-4,8,10-11,18H,5-7,9H2,1-2H3;1H/t10?,11-;/m1./s1. The lowest BCUT2D eigenvalue weighted by atomic mass is 9.96. The van der Waals surface area contributed by atoms with Crippen LogP contribution in [0.15, 0.2) is 18.2 Å². The Labute approximate surface area is 130 Å². The molecule has 1 aliphatic heterocycles. The van der Waals surface area contributed by atoms with E-state index in [0.717, 1.165) is 12.6 Å². The van der Waals surface area contributed by atoms with Crippen LogP contribution in [0.5, 0.6) is 0 Å². The van der Waals surface area contributed by atoms with Gasteiger partial charge in [-0.15, -0.1) is 12.4 Å². The van der Waals surface area contributed by atoms with Gasteiger partial charge in [0.05, 0.1) is 0 Å². The average molecular weight is 319 g/mol. The first kappa shape index (κ1) is 17.9. The van der Waals surface area contributed by atoms with Crippen molar-refractivity contribution in [2.45, 2.75) is 32.2 Å². The van der Waals surface area contributed by atoms with Crippen molar-refractivity contribution in [1.82, 2.24) is 10.2 Å². The topological polar surface area (TPSA) is 32.3 Å². The lowest BCUT2D eigenvalue weighted by Gasteiger charge is -2.32. The van der Waals surface area contributed by atoms with Crippen LogP contribution in [0.1, 0.15) is 31.7 Å². The summed E-state index contributed by atoms with van der Waals surface area (Å²) in [4.78, 5) is 14.0. The van der Waals surface area contributed by atoms with E-state index in [0.29, 0.717) is 18.7 Å². The zero-order valence-corrected chi connectivity index (χ0v) is 13.1. The molecule has 3 nitrogen and oxygen atoms in total. The maximum Gasteiger partial charge on any atom is 0.223 e. The molecule has 1 unspecified atom stereocenters. The molecule has 1 amide bonds. The Balaban J connectivity index is 0.00000220. The molecule has 0 aliphatic carbocycles. The quantitative estimate of drug-likeness (QED) is 0.929. The summed E-state index contributed by atoms with van der Waals surface area (Å²) in [7, 11) is 0. The van der Waals surface area contributed by atoms with Crippen LogP contribution in [0.3, 0.4) is 0 Å². The van der Waals surface area contributed by atoms with Crippen molar-refractivity contribution < 1.29 is 13.6 Å². The highest BCUT2D eigenvalue weighted by Crippen LogP contribution is 2.23. The molecule has 21 heavy (non-hydrogen) atoms. The largest absolute Gasteiger partial charge is 0.340 e. The number of rotatable bonds is 3. The summed E-state index contributed by atoms with van der Waals surface area (Å²) >= 11 is 0. The van der Waals surface area contributed by atoms with Crippen molar-refractivity contribution in [2.75, 3.05) is 19.6 Å². The van der Waals surface area contributed by atoms with E-state index in [9.17, 15) is 13.6 Å². The molecule has 0 bridgehead atoms. The van der Waals surface area contributed by atoms with E-state index in [1.54, 1.807) is 11.8 Å². The molecule has 1 aliphatic rings. The predicted octanol–water partition coefficient (Wildman–Crippen LogP) is 2.70. The first-order chi connectivity index (χ1) is 9.47. The lowest BCUT2D eigenvalue weighted by molar-refractivity contribution is -0.132. The molecule has 1 fully saturated rings. The molecule has 1 heterocycles. The fraction of sp³-hybridized carbons (Fsp3) is 0.533. The molecule has 0 aromatic heterocycles. The molecule has 1 aromatic carbocycles. The molecule has 1 N–H and O–H groups in total. The van der Waals surface area contributed by atoms with Gasteiger partial charge in [0.1, 0.15) is 11.6 Å². The summed E-state index contributed by atoms with van der Waals surface area (Å²) in [5, 5.41) is 3.27. The van der Waals surface area contributed by atoms with E-state index in [1.807, 2.05) is 6.92 Å². The minimum Gasteiger partial charge on any atom is -0.340 e. The Morgan fingerprint density at radius 1 is 1.48 bits per heavy atom. The molecule has 2 rings (SSSR count). The van der Waals surface area contributed by atoms with E-state index < -0.39 is 11.6 Å². The van der Waals surface area contributed by atoms with Crippen molar-refractivity contribution in [3.8, 4) is 0 Å². The number of nitrogens with one attached hydrogen (secondary N) is 1. The second-order valence-corrected chi connectivity index (χ2v) is 5.47. The monoisotopic (exact) mass is 318 g/mol. The van der Waals surface area contributed by atoms with Crippen LogP contribution >= 0.6 is 12.4 Å². The number of halogens is 3. The maximum atomic E-state index is 13.7. The summed E-state index contributed by atoms with van der Waals surface area (Å²) in [5.74, 6) is -1.41. The zero-order chi connectivity index (χ0) is 14.7. The highest BCUT2D eigenvalue weighted by Gasteiger charge is 2.23. The van der Waals surface area contributed by atoms with Gasteiger partial charge in [-0.2, -0.15) is 0 Å². The van der Waals surface area contributed by atoms with Gasteiger partial charge in [0.15, 0.2) is 0 Å². The number of hydrogen-bond acceptors (Lipinski definition) is 2. The summed E-state index contributed by atoms with van der Waals surface area (Å²) in [6.45, 7) is 5.97. The van der Waals surface area contributed by atoms with Gasteiger partial charge in [-0.3, -0.25) is 4.79 Å². The van der Waals surface area contributed by atoms with E-state index >= 15 is 0 Å². The summed E-state index contributed by atoms with van der Waals surface area (Å²) < 4.78 is 26.6. The van der Waals surface area contributed by atoms with E-state index in [-0.39, 0.29) is 36.7 Å². The van der Waals surface area contributed by atoms with Crippen LogP contribution in [0.4, 0.5) is 8.78 Å². The molecule has 2 atom stereocenters. The fourth-order valence-corrected chi connectivity index (χ4v) is 2.56. The van der Waals surface area contributed by atoms with Crippen LogP contribution in [-0.4, -0.2) is 36.5 Å². The number of carbonyl (C=O) groups is 1. The van der Waals surface area contributed by atoms with Crippen LogP contribution in [0.25, 0.3) is 0 Å². The Morgan fingerprint density at radius 3 is 2.81 bits per heavy atom. The third-order valence-corrected chi connectivity index (χ3v) is 3.70. The van der Waals surface area contributed by atoms with Gasteiger partial charge in [-0.05, 0) is 24.5 Å². The minimum atomic E-state index is -0.597. The van der Waals surface area contributed by atoms with Gasteiger partial charge in [0.2, 0.25) is 5.91 Å². The van der Waals surface area contributed by atoms with Gasteiger partial charge < -0.3 is 10.2 Å². The van der Waals surface area contributed by atoms with Crippen molar-refractivity contribution >= 4 is 18.3 Å². The Bertz CT molecular complexity index is 499. The Hall–Kier alpha value is -1.20. The van der Waals surface area contributed by atoms with Gasteiger partial charge in [0, 0.05) is 38.2 Å². The van der Waals surface area contributed by atoms with E-state index in [1.165, 1.54) is 12.1 Å². The van der Waals surface area contributed by atoms with Crippen LogP contribution in [0.2, 0.25) is 0 Å². The molecule has 1 saturated heterocycles. The number of benzene rings is 1. The van der Waals surface area contributed by atoms with Crippen LogP contribution in [0, 0.1) is 11.6 Å². The van der Waals surface area contributed by atoms with Crippen molar-refractivity contribution in [3.05, 3.63) is 35.4 Å². The third-order valence-electron chi connectivity index (χ3n) is 3.70. The number of piperazine rings is 1. The third kappa shape index (κ3) is 4.64. The normalized spacial score (nSPS) is 19.8. The zero-order valence-electron chi connectivity index (χ0n) is 12.2. The Morgan fingerprint density at radius 2 is 2.19 bits per heavy atom. The Kier molecular flexibility index (Phi) is 6.55. The number of amides is 1. The minimum absolute atomic E-state index is 0. The first-order valence-electron chi connectivity index (χ1n) is 6.93. The second-order valence-electron chi connectivity index (χ2n) is 5.47. The number of nitrogens with zero attached hydrogens (tertiary/aromatic N) is 1. The van der Waals surface area contributed by atoms with Crippen molar-refractivity contribution in [3.63, 3.8) is 0 Å². The molecule has 6 heteroatoms. The number of carbonyl (C=O) groups excluding carboxylic acids is 1. The van der Waals surface area contributed by atoms with Gasteiger partial charge >= 0.3 is 0 Å². The molecule has 1 aromatic rings. The molecule has 0 spiro atoms. The van der Waals surface area contributed by atoms with Crippen molar-refractivity contribution in [1.29, 1.82) is 0 Å². The van der Waals surface area contributed by atoms with Crippen LogP contribution < -0.4 is 5.32 Å². The summed E-state index contributed by atoms with van der Waals surface area (Å²) in [6.07, 6.45) is 0.245. The highest BCUT2D eigenvalue weighted by molar-refractivity contribution is 5.85. The fourth-order valence-electron chi connectivity index (χ4n) is 2.56. The lowest BCUT2D eigenvalue weighted by Crippen LogP contribution is -2.51. The predicted molar refractivity (Wildman–Crippen MR) is 80.7 cm³/mol. The van der Waals surface area contributed by atoms with Gasteiger partial charge in [-0.1, -0.05) is 13.0 Å². The molecule has 118 valence electrons.